The van der Waals surface area contributed by atoms with Crippen molar-refractivity contribution < 1.29 is 4.79 Å². The molecule has 1 aromatic heterocycles. The van der Waals surface area contributed by atoms with Crippen LogP contribution in [0.2, 0.25) is 0 Å². The number of amides is 1. The lowest BCUT2D eigenvalue weighted by Crippen LogP contribution is -2.28. The van der Waals surface area contributed by atoms with Gasteiger partial charge in [0.2, 0.25) is 5.91 Å². The van der Waals surface area contributed by atoms with Crippen LogP contribution >= 0.6 is 0 Å². The number of aromatic nitrogens is 1. The highest BCUT2D eigenvalue weighted by atomic mass is 16.2. The normalized spacial score (nSPS) is 10.2. The third-order valence-electron chi connectivity index (χ3n) is 3.19. The summed E-state index contributed by atoms with van der Waals surface area (Å²) in [6.07, 6.45) is 1.62. The number of carbonyl (C=O) groups is 1. The molecule has 0 saturated heterocycles. The van der Waals surface area contributed by atoms with Crippen LogP contribution < -0.4 is 15.8 Å². The molecule has 0 aliphatic carbocycles. The van der Waals surface area contributed by atoms with E-state index in [0.29, 0.717) is 11.3 Å². The maximum atomic E-state index is 12.0. The molecule has 5 heteroatoms. The van der Waals surface area contributed by atoms with Gasteiger partial charge in [0.25, 0.3) is 5.56 Å². The van der Waals surface area contributed by atoms with Crippen LogP contribution in [0.4, 0.5) is 11.4 Å². The second-order valence-electron chi connectivity index (χ2n) is 5.11. The van der Waals surface area contributed by atoms with E-state index in [-0.39, 0.29) is 18.0 Å². The second-order valence-corrected chi connectivity index (χ2v) is 5.11. The SMILES string of the molecule is Cc1cccn(CC(=O)Nc2ccc(N(C)C)cc2)c1=O. The van der Waals surface area contributed by atoms with Gasteiger partial charge in [-0.2, -0.15) is 0 Å². The number of rotatable bonds is 4. The first-order valence-electron chi connectivity index (χ1n) is 6.70. The van der Waals surface area contributed by atoms with E-state index in [2.05, 4.69) is 5.32 Å². The highest BCUT2D eigenvalue weighted by molar-refractivity contribution is 5.90. The zero-order chi connectivity index (χ0) is 15.4. The van der Waals surface area contributed by atoms with Crippen LogP contribution in [-0.4, -0.2) is 24.6 Å². The summed E-state index contributed by atoms with van der Waals surface area (Å²) in [4.78, 5) is 25.8. The summed E-state index contributed by atoms with van der Waals surface area (Å²) < 4.78 is 1.40. The number of hydrogen-bond acceptors (Lipinski definition) is 3. The fourth-order valence-corrected chi connectivity index (χ4v) is 1.98. The number of nitrogens with zero attached hydrogens (tertiary/aromatic N) is 2. The van der Waals surface area contributed by atoms with Gasteiger partial charge in [-0.3, -0.25) is 9.59 Å². The lowest BCUT2D eigenvalue weighted by Gasteiger charge is -2.13. The van der Waals surface area contributed by atoms with E-state index in [4.69, 9.17) is 0 Å². The minimum absolute atomic E-state index is 0.00987. The smallest absolute Gasteiger partial charge is 0.253 e. The minimum atomic E-state index is -0.222. The van der Waals surface area contributed by atoms with Crippen LogP contribution in [-0.2, 0) is 11.3 Å². The van der Waals surface area contributed by atoms with Crippen LogP contribution in [0.25, 0.3) is 0 Å². The van der Waals surface area contributed by atoms with Gasteiger partial charge in [-0.15, -0.1) is 0 Å². The molecule has 1 N–H and O–H groups in total. The Kier molecular flexibility index (Phi) is 4.42. The van der Waals surface area contributed by atoms with Gasteiger partial charge in [-0.1, -0.05) is 6.07 Å². The number of aryl methyl sites for hydroxylation is 1. The van der Waals surface area contributed by atoms with E-state index in [1.165, 1.54) is 4.57 Å². The van der Waals surface area contributed by atoms with Crippen LogP contribution in [0.3, 0.4) is 0 Å². The number of benzene rings is 1. The van der Waals surface area contributed by atoms with Gasteiger partial charge < -0.3 is 14.8 Å². The summed E-state index contributed by atoms with van der Waals surface area (Å²) in [5.41, 5.74) is 2.26. The zero-order valence-electron chi connectivity index (χ0n) is 12.5. The molecular formula is C16H19N3O2. The van der Waals surface area contributed by atoms with Crippen molar-refractivity contribution in [1.82, 2.24) is 4.57 Å². The highest BCUT2D eigenvalue weighted by Gasteiger charge is 2.06. The van der Waals surface area contributed by atoms with Crippen LogP contribution in [0.1, 0.15) is 5.56 Å². The van der Waals surface area contributed by atoms with Crippen molar-refractivity contribution in [2.24, 2.45) is 0 Å². The summed E-state index contributed by atoms with van der Waals surface area (Å²) in [7, 11) is 3.91. The van der Waals surface area contributed by atoms with Gasteiger partial charge in [0.15, 0.2) is 0 Å². The first-order chi connectivity index (χ1) is 9.97. The van der Waals surface area contributed by atoms with Gasteiger partial charge in [-0.25, -0.2) is 0 Å². The Labute approximate surface area is 123 Å². The number of pyridine rings is 1. The molecule has 0 spiro atoms. The third-order valence-corrected chi connectivity index (χ3v) is 3.19. The fourth-order valence-electron chi connectivity index (χ4n) is 1.98. The Morgan fingerprint density at radius 3 is 2.48 bits per heavy atom. The summed E-state index contributed by atoms with van der Waals surface area (Å²) in [5.74, 6) is -0.222. The molecule has 2 rings (SSSR count). The van der Waals surface area contributed by atoms with Crippen LogP contribution in [0.15, 0.2) is 47.4 Å². The third kappa shape index (κ3) is 3.72. The number of hydrogen-bond donors (Lipinski definition) is 1. The molecule has 0 radical (unpaired) electrons. The Hall–Kier alpha value is -2.56. The number of anilines is 2. The zero-order valence-corrected chi connectivity index (χ0v) is 12.5. The lowest BCUT2D eigenvalue weighted by molar-refractivity contribution is -0.116. The molecule has 2 aromatic rings. The number of carbonyl (C=O) groups excluding carboxylic acids is 1. The molecule has 0 fully saturated rings. The van der Waals surface area contributed by atoms with E-state index < -0.39 is 0 Å². The van der Waals surface area contributed by atoms with Gasteiger partial charge >= 0.3 is 0 Å². The monoisotopic (exact) mass is 285 g/mol. The van der Waals surface area contributed by atoms with E-state index in [0.717, 1.165) is 5.69 Å². The Morgan fingerprint density at radius 1 is 1.19 bits per heavy atom. The van der Waals surface area contributed by atoms with Gasteiger partial charge in [0, 0.05) is 37.2 Å². The molecule has 0 aliphatic rings. The molecule has 5 nitrogen and oxygen atoms in total. The largest absolute Gasteiger partial charge is 0.378 e. The van der Waals surface area contributed by atoms with Gasteiger partial charge in [0.05, 0.1) is 0 Å². The molecule has 110 valence electrons. The second kappa shape index (κ2) is 6.26. The van der Waals surface area contributed by atoms with Crippen molar-refractivity contribution >= 4 is 17.3 Å². The van der Waals surface area contributed by atoms with Gasteiger partial charge in [-0.05, 0) is 37.3 Å². The summed E-state index contributed by atoms with van der Waals surface area (Å²) >= 11 is 0. The van der Waals surface area contributed by atoms with Crippen LogP contribution in [0.5, 0.6) is 0 Å². The van der Waals surface area contributed by atoms with Crippen LogP contribution in [0, 0.1) is 6.92 Å². The Morgan fingerprint density at radius 2 is 1.86 bits per heavy atom. The summed E-state index contributed by atoms with van der Waals surface area (Å²) in [6, 6.07) is 11.0. The van der Waals surface area contributed by atoms with Crippen molar-refractivity contribution in [2.75, 3.05) is 24.3 Å². The molecule has 1 heterocycles. The molecular weight excluding hydrogens is 266 g/mol. The quantitative estimate of drug-likeness (QED) is 0.933. The highest BCUT2D eigenvalue weighted by Crippen LogP contribution is 2.15. The van der Waals surface area contributed by atoms with E-state index >= 15 is 0 Å². The molecule has 1 aromatic carbocycles. The maximum absolute atomic E-state index is 12.0. The average Bonchev–Trinajstić information content (AvgIpc) is 2.44. The first kappa shape index (κ1) is 14.8. The van der Waals surface area contributed by atoms with Gasteiger partial charge in [0.1, 0.15) is 6.54 Å². The Balaban J connectivity index is 2.05. The molecule has 0 bridgehead atoms. The van der Waals surface area contributed by atoms with Crippen molar-refractivity contribution in [3.63, 3.8) is 0 Å². The Bertz CT molecular complexity index is 687. The predicted molar refractivity (Wildman–Crippen MR) is 84.8 cm³/mol. The van der Waals surface area contributed by atoms with Crippen molar-refractivity contribution in [3.05, 3.63) is 58.5 Å². The number of nitrogens with one attached hydrogen (secondary N) is 1. The first-order valence-corrected chi connectivity index (χ1v) is 6.70. The molecule has 0 aliphatic heterocycles. The van der Waals surface area contributed by atoms with Crippen molar-refractivity contribution in [2.45, 2.75) is 13.5 Å². The molecule has 1 amide bonds. The topological polar surface area (TPSA) is 54.3 Å². The molecule has 0 unspecified atom stereocenters. The predicted octanol–water partition coefficient (Wildman–Crippen LogP) is 1.86. The fraction of sp³-hybridized carbons (Fsp3) is 0.250. The standard InChI is InChI=1S/C16H19N3O2/c1-12-5-4-10-19(16(12)21)11-15(20)17-13-6-8-14(9-7-13)18(2)3/h4-10H,11H2,1-3H3,(H,17,20). The van der Waals surface area contributed by atoms with Crippen molar-refractivity contribution in [3.8, 4) is 0 Å². The summed E-state index contributed by atoms with van der Waals surface area (Å²) in [5, 5.41) is 2.79. The van der Waals surface area contributed by atoms with Crippen molar-refractivity contribution in [1.29, 1.82) is 0 Å². The molecule has 0 atom stereocenters. The molecule has 0 saturated carbocycles. The molecule has 21 heavy (non-hydrogen) atoms. The van der Waals surface area contributed by atoms with E-state index in [9.17, 15) is 9.59 Å². The summed E-state index contributed by atoms with van der Waals surface area (Å²) in [6.45, 7) is 1.74. The maximum Gasteiger partial charge on any atom is 0.253 e. The van der Waals surface area contributed by atoms with E-state index in [1.807, 2.05) is 43.3 Å². The van der Waals surface area contributed by atoms with E-state index in [1.54, 1.807) is 25.3 Å². The lowest BCUT2D eigenvalue weighted by atomic mass is 10.2. The minimum Gasteiger partial charge on any atom is -0.378 e. The average molecular weight is 285 g/mol.